The summed E-state index contributed by atoms with van der Waals surface area (Å²) in [5.74, 6) is -3.65. The Bertz CT molecular complexity index is 938. The normalized spacial score (nSPS) is 14.2. The Morgan fingerprint density at radius 1 is 1.21 bits per heavy atom. The zero-order valence-corrected chi connectivity index (χ0v) is 15.6. The molecule has 1 aliphatic rings. The van der Waals surface area contributed by atoms with Gasteiger partial charge >= 0.3 is 5.97 Å². The molecule has 0 radical (unpaired) electrons. The maximum Gasteiger partial charge on any atom is 0.326 e. The van der Waals surface area contributed by atoms with Crippen LogP contribution in [0.5, 0.6) is 0 Å². The van der Waals surface area contributed by atoms with Crippen LogP contribution in [0.15, 0.2) is 47.4 Å². The van der Waals surface area contributed by atoms with Gasteiger partial charge in [-0.05, 0) is 31.2 Å². The van der Waals surface area contributed by atoms with Crippen LogP contribution < -0.4 is 10.2 Å². The van der Waals surface area contributed by atoms with E-state index in [0.717, 1.165) is 17.0 Å². The van der Waals surface area contributed by atoms with Crippen LogP contribution in [-0.2, 0) is 19.1 Å². The first-order chi connectivity index (χ1) is 13.3. The van der Waals surface area contributed by atoms with E-state index in [4.69, 9.17) is 4.74 Å². The number of hydrogen-bond donors (Lipinski definition) is 1. The van der Waals surface area contributed by atoms with Gasteiger partial charge in [0.05, 0.1) is 11.4 Å². The largest absolute Gasteiger partial charge is 0.451 e. The molecule has 1 heterocycles. The molecule has 0 spiro atoms. The fourth-order valence-electron chi connectivity index (χ4n) is 2.56. The molecule has 0 saturated carbocycles. The first-order valence-electron chi connectivity index (χ1n) is 8.32. The molecular formula is C19H16F2N2O4S. The third-order valence-corrected chi connectivity index (χ3v) is 5.01. The van der Waals surface area contributed by atoms with Crippen molar-refractivity contribution in [3.8, 4) is 0 Å². The van der Waals surface area contributed by atoms with E-state index in [-0.39, 0.29) is 23.9 Å². The van der Waals surface area contributed by atoms with Gasteiger partial charge in [-0.15, -0.1) is 11.8 Å². The van der Waals surface area contributed by atoms with Crippen molar-refractivity contribution < 1.29 is 27.9 Å². The van der Waals surface area contributed by atoms with Crippen molar-refractivity contribution in [2.75, 3.05) is 22.5 Å². The Labute approximate surface area is 163 Å². The van der Waals surface area contributed by atoms with Gasteiger partial charge in [0.2, 0.25) is 5.91 Å². The molecule has 0 unspecified atom stereocenters. The summed E-state index contributed by atoms with van der Waals surface area (Å²) in [6, 6.07) is 10.1. The van der Waals surface area contributed by atoms with Crippen LogP contribution in [0.4, 0.5) is 20.2 Å². The number of esters is 1. The summed E-state index contributed by atoms with van der Waals surface area (Å²) in [7, 11) is 0. The van der Waals surface area contributed by atoms with Crippen LogP contribution in [0, 0.1) is 11.6 Å². The first kappa shape index (κ1) is 19.8. The van der Waals surface area contributed by atoms with Crippen LogP contribution in [0.2, 0.25) is 0 Å². The van der Waals surface area contributed by atoms with Crippen molar-refractivity contribution >= 4 is 40.9 Å². The summed E-state index contributed by atoms with van der Waals surface area (Å²) in [5, 5.41) is 2.34. The fraction of sp³-hybridized carbons (Fsp3) is 0.211. The van der Waals surface area contributed by atoms with Crippen molar-refractivity contribution in [3.63, 3.8) is 0 Å². The molecule has 2 aromatic carbocycles. The minimum absolute atomic E-state index is 0.0314. The van der Waals surface area contributed by atoms with Crippen LogP contribution >= 0.6 is 11.8 Å². The number of carbonyl (C=O) groups is 3. The highest BCUT2D eigenvalue weighted by molar-refractivity contribution is 8.00. The van der Waals surface area contributed by atoms with E-state index in [1.807, 2.05) is 12.1 Å². The van der Waals surface area contributed by atoms with Gasteiger partial charge in [0.25, 0.3) is 5.91 Å². The second kappa shape index (κ2) is 8.39. The van der Waals surface area contributed by atoms with E-state index < -0.39 is 29.6 Å². The summed E-state index contributed by atoms with van der Waals surface area (Å²) < 4.78 is 31.2. The number of carbonyl (C=O) groups excluding carboxylic acids is 3. The lowest BCUT2D eigenvalue weighted by molar-refractivity contribution is -0.152. The van der Waals surface area contributed by atoms with E-state index in [2.05, 4.69) is 5.32 Å². The zero-order chi connectivity index (χ0) is 20.3. The molecule has 0 aliphatic carbocycles. The Hall–Kier alpha value is -2.94. The summed E-state index contributed by atoms with van der Waals surface area (Å²) in [5.41, 5.74) is 0.642. The molecule has 146 valence electrons. The van der Waals surface area contributed by atoms with Gasteiger partial charge in [0, 0.05) is 16.6 Å². The number of anilines is 2. The van der Waals surface area contributed by atoms with Crippen molar-refractivity contribution in [2.24, 2.45) is 0 Å². The number of rotatable bonds is 5. The van der Waals surface area contributed by atoms with E-state index in [1.54, 1.807) is 12.1 Å². The van der Waals surface area contributed by atoms with E-state index in [1.165, 1.54) is 29.7 Å². The predicted molar refractivity (Wildman–Crippen MR) is 100 cm³/mol. The van der Waals surface area contributed by atoms with Gasteiger partial charge in [-0.25, -0.2) is 8.78 Å². The summed E-state index contributed by atoms with van der Waals surface area (Å²) in [4.78, 5) is 38.7. The van der Waals surface area contributed by atoms with Gasteiger partial charge in [0.15, 0.2) is 17.7 Å². The minimum atomic E-state index is -1.19. The quantitative estimate of drug-likeness (QED) is 0.773. The van der Waals surface area contributed by atoms with Gasteiger partial charge in [-0.2, -0.15) is 0 Å². The molecule has 0 fully saturated rings. The molecule has 2 amide bonds. The highest BCUT2D eigenvalue weighted by Gasteiger charge is 2.28. The summed E-state index contributed by atoms with van der Waals surface area (Å²) in [6.45, 7) is 1.01. The van der Waals surface area contributed by atoms with Crippen LogP contribution in [-0.4, -0.2) is 36.2 Å². The molecule has 9 heteroatoms. The first-order valence-corrected chi connectivity index (χ1v) is 9.31. The Morgan fingerprint density at radius 2 is 1.96 bits per heavy atom. The lowest BCUT2D eigenvalue weighted by atomic mass is 10.2. The molecule has 0 aromatic heterocycles. The lowest BCUT2D eigenvalue weighted by Gasteiger charge is -2.28. The Kier molecular flexibility index (Phi) is 5.93. The number of nitrogens with zero attached hydrogens (tertiary/aromatic N) is 1. The third kappa shape index (κ3) is 4.48. The summed E-state index contributed by atoms with van der Waals surface area (Å²) >= 11 is 1.39. The Morgan fingerprint density at radius 3 is 2.71 bits per heavy atom. The van der Waals surface area contributed by atoms with Crippen molar-refractivity contribution in [2.45, 2.75) is 17.9 Å². The number of thioether (sulfide) groups is 1. The standard InChI is InChI=1S/C19H16F2N2O4S/c1-11(19(26)22-12-6-7-13(20)14(21)8-12)27-18(25)9-23-15-4-2-3-5-16(15)28-10-17(23)24/h2-8,11H,9-10H2,1H3,(H,22,26)/t11-/m0/s1. The number of benzene rings is 2. The van der Waals surface area contributed by atoms with Gasteiger partial charge in [0.1, 0.15) is 6.54 Å². The molecule has 0 bridgehead atoms. The van der Waals surface area contributed by atoms with E-state index in [9.17, 15) is 23.2 Å². The molecule has 1 N–H and O–H groups in total. The number of nitrogens with one attached hydrogen (secondary N) is 1. The fourth-order valence-corrected chi connectivity index (χ4v) is 3.50. The number of para-hydroxylation sites is 1. The van der Waals surface area contributed by atoms with Crippen LogP contribution in [0.25, 0.3) is 0 Å². The highest BCUT2D eigenvalue weighted by atomic mass is 32.2. The molecule has 3 rings (SSSR count). The Balaban J connectivity index is 1.60. The maximum atomic E-state index is 13.2. The van der Waals surface area contributed by atoms with Crippen LogP contribution in [0.3, 0.4) is 0 Å². The number of halogens is 2. The number of ether oxygens (including phenoxy) is 1. The highest BCUT2D eigenvalue weighted by Crippen LogP contribution is 2.34. The van der Waals surface area contributed by atoms with Gasteiger partial charge < -0.3 is 10.1 Å². The molecule has 1 aliphatic heterocycles. The average molecular weight is 406 g/mol. The van der Waals surface area contributed by atoms with Crippen molar-refractivity contribution in [1.82, 2.24) is 0 Å². The SMILES string of the molecule is C[C@H](OC(=O)CN1C(=O)CSc2ccccc21)C(=O)Nc1ccc(F)c(F)c1. The van der Waals surface area contributed by atoms with Crippen molar-refractivity contribution in [3.05, 3.63) is 54.1 Å². The topological polar surface area (TPSA) is 75.7 Å². The lowest BCUT2D eigenvalue weighted by Crippen LogP contribution is -2.41. The zero-order valence-electron chi connectivity index (χ0n) is 14.8. The van der Waals surface area contributed by atoms with Crippen molar-refractivity contribution in [1.29, 1.82) is 0 Å². The smallest absolute Gasteiger partial charge is 0.326 e. The second-order valence-corrected chi connectivity index (χ2v) is 7.00. The van der Waals surface area contributed by atoms with E-state index in [0.29, 0.717) is 5.69 Å². The molecule has 2 aromatic rings. The number of hydrogen-bond acceptors (Lipinski definition) is 5. The monoisotopic (exact) mass is 406 g/mol. The molecule has 0 saturated heterocycles. The molecule has 1 atom stereocenters. The second-order valence-electron chi connectivity index (χ2n) is 5.99. The number of fused-ring (bicyclic) bond motifs is 1. The van der Waals surface area contributed by atoms with E-state index >= 15 is 0 Å². The van der Waals surface area contributed by atoms with Crippen LogP contribution in [0.1, 0.15) is 6.92 Å². The maximum absolute atomic E-state index is 13.2. The number of amides is 2. The van der Waals surface area contributed by atoms with Gasteiger partial charge in [-0.1, -0.05) is 12.1 Å². The minimum Gasteiger partial charge on any atom is -0.451 e. The summed E-state index contributed by atoms with van der Waals surface area (Å²) in [6.07, 6.45) is -1.19. The van der Waals surface area contributed by atoms with Gasteiger partial charge in [-0.3, -0.25) is 19.3 Å². The average Bonchev–Trinajstić information content (AvgIpc) is 2.67. The molecular weight excluding hydrogens is 390 g/mol. The molecule has 28 heavy (non-hydrogen) atoms. The third-order valence-electron chi connectivity index (χ3n) is 3.96. The molecule has 6 nitrogen and oxygen atoms in total. The predicted octanol–water partition coefficient (Wildman–Crippen LogP) is 2.97.